The Morgan fingerprint density at radius 3 is 2.88 bits per heavy atom. The predicted octanol–water partition coefficient (Wildman–Crippen LogP) is 3.68. The van der Waals surface area contributed by atoms with E-state index < -0.39 is 0 Å². The van der Waals surface area contributed by atoms with Crippen molar-refractivity contribution in [3.05, 3.63) is 53.1 Å². The van der Waals surface area contributed by atoms with Crippen LogP contribution in [0.15, 0.2) is 30.6 Å². The SMILES string of the molecule is Cc1cc(-c2cncc3c2CCC3)ccc1F. The smallest absolute Gasteiger partial charge is 0.126 e. The Bertz CT molecular complexity index is 575. The van der Waals surface area contributed by atoms with E-state index in [9.17, 15) is 4.39 Å². The molecule has 0 radical (unpaired) electrons. The first-order valence-corrected chi connectivity index (χ1v) is 5.98. The zero-order valence-corrected chi connectivity index (χ0v) is 9.83. The lowest BCUT2D eigenvalue weighted by atomic mass is 9.98. The van der Waals surface area contributed by atoms with Crippen LogP contribution in [-0.4, -0.2) is 4.98 Å². The van der Waals surface area contributed by atoms with Gasteiger partial charge in [0.1, 0.15) is 5.82 Å². The van der Waals surface area contributed by atoms with Gasteiger partial charge in [-0.3, -0.25) is 4.98 Å². The maximum atomic E-state index is 13.3. The van der Waals surface area contributed by atoms with Crippen molar-refractivity contribution >= 4 is 0 Å². The Morgan fingerprint density at radius 2 is 2.06 bits per heavy atom. The second-order valence-electron chi connectivity index (χ2n) is 4.64. The van der Waals surface area contributed by atoms with Crippen LogP contribution >= 0.6 is 0 Å². The summed E-state index contributed by atoms with van der Waals surface area (Å²) in [6.45, 7) is 1.80. The largest absolute Gasteiger partial charge is 0.264 e. The molecule has 2 aromatic rings. The summed E-state index contributed by atoms with van der Waals surface area (Å²) in [5, 5.41) is 0. The fourth-order valence-electron chi connectivity index (χ4n) is 2.56. The second kappa shape index (κ2) is 3.95. The highest BCUT2D eigenvalue weighted by atomic mass is 19.1. The van der Waals surface area contributed by atoms with Gasteiger partial charge >= 0.3 is 0 Å². The van der Waals surface area contributed by atoms with Gasteiger partial charge in [-0.1, -0.05) is 6.07 Å². The summed E-state index contributed by atoms with van der Waals surface area (Å²) in [6, 6.07) is 5.29. The van der Waals surface area contributed by atoms with Gasteiger partial charge in [0.2, 0.25) is 0 Å². The molecule has 2 heteroatoms. The Kier molecular flexibility index (Phi) is 2.43. The van der Waals surface area contributed by atoms with E-state index in [-0.39, 0.29) is 5.82 Å². The number of hydrogen-bond acceptors (Lipinski definition) is 1. The number of halogens is 1. The molecule has 1 aromatic heterocycles. The van der Waals surface area contributed by atoms with Gasteiger partial charge in [-0.05, 0) is 60.6 Å². The van der Waals surface area contributed by atoms with Gasteiger partial charge in [0.15, 0.2) is 0 Å². The third kappa shape index (κ3) is 1.74. The highest BCUT2D eigenvalue weighted by Gasteiger charge is 2.16. The molecule has 0 spiro atoms. The summed E-state index contributed by atoms with van der Waals surface area (Å²) in [7, 11) is 0. The molecule has 0 fully saturated rings. The fraction of sp³-hybridized carbons (Fsp3) is 0.267. The summed E-state index contributed by atoms with van der Waals surface area (Å²) in [5.41, 5.74) is 5.69. The molecule has 1 nitrogen and oxygen atoms in total. The molecule has 1 aliphatic carbocycles. The minimum Gasteiger partial charge on any atom is -0.264 e. The number of fused-ring (bicyclic) bond motifs is 1. The maximum Gasteiger partial charge on any atom is 0.126 e. The number of nitrogens with zero attached hydrogens (tertiary/aromatic N) is 1. The van der Waals surface area contributed by atoms with Gasteiger partial charge in [0.05, 0.1) is 0 Å². The van der Waals surface area contributed by atoms with Crippen LogP contribution in [0.2, 0.25) is 0 Å². The van der Waals surface area contributed by atoms with Crippen LogP contribution in [0.3, 0.4) is 0 Å². The number of pyridine rings is 1. The third-order valence-corrected chi connectivity index (χ3v) is 3.49. The molecule has 0 aliphatic heterocycles. The van der Waals surface area contributed by atoms with Gasteiger partial charge in [-0.15, -0.1) is 0 Å². The Morgan fingerprint density at radius 1 is 1.18 bits per heavy atom. The highest BCUT2D eigenvalue weighted by Crippen LogP contribution is 2.32. The van der Waals surface area contributed by atoms with Crippen molar-refractivity contribution in [2.45, 2.75) is 26.2 Å². The first-order chi connectivity index (χ1) is 8.25. The van der Waals surface area contributed by atoms with Crippen LogP contribution in [0.5, 0.6) is 0 Å². The average molecular weight is 227 g/mol. The lowest BCUT2D eigenvalue weighted by molar-refractivity contribution is 0.619. The molecular weight excluding hydrogens is 213 g/mol. The first-order valence-electron chi connectivity index (χ1n) is 5.98. The van der Waals surface area contributed by atoms with Crippen molar-refractivity contribution in [1.29, 1.82) is 0 Å². The lowest BCUT2D eigenvalue weighted by Gasteiger charge is -2.09. The molecule has 0 amide bonds. The predicted molar refractivity (Wildman–Crippen MR) is 66.4 cm³/mol. The standard InChI is InChI=1S/C15H14FN/c1-10-7-11(5-6-15(10)16)14-9-17-8-12-3-2-4-13(12)14/h5-9H,2-4H2,1H3. The molecule has 86 valence electrons. The Hall–Kier alpha value is -1.70. The van der Waals surface area contributed by atoms with Crippen molar-refractivity contribution in [3.8, 4) is 11.1 Å². The molecule has 0 unspecified atom stereocenters. The van der Waals surface area contributed by atoms with Crippen molar-refractivity contribution < 1.29 is 4.39 Å². The number of aryl methyl sites for hydroxylation is 2. The molecule has 1 aromatic carbocycles. The summed E-state index contributed by atoms with van der Waals surface area (Å²) in [5.74, 6) is -0.144. The molecule has 1 heterocycles. The first kappa shape index (κ1) is 10.5. The number of hydrogen-bond donors (Lipinski definition) is 0. The van der Waals surface area contributed by atoms with E-state index >= 15 is 0 Å². The third-order valence-electron chi connectivity index (χ3n) is 3.49. The zero-order chi connectivity index (χ0) is 11.8. The topological polar surface area (TPSA) is 12.9 Å². The van der Waals surface area contributed by atoms with Crippen LogP contribution < -0.4 is 0 Å². The molecule has 0 saturated heterocycles. The van der Waals surface area contributed by atoms with Gasteiger partial charge in [-0.25, -0.2) is 4.39 Å². The summed E-state index contributed by atoms with van der Waals surface area (Å²) in [6.07, 6.45) is 7.30. The minimum atomic E-state index is -0.144. The van der Waals surface area contributed by atoms with Gasteiger partial charge in [-0.2, -0.15) is 0 Å². The summed E-state index contributed by atoms with van der Waals surface area (Å²) < 4.78 is 13.3. The fourth-order valence-corrected chi connectivity index (χ4v) is 2.56. The summed E-state index contributed by atoms with van der Waals surface area (Å²) >= 11 is 0. The Labute approximate surface area is 100 Å². The van der Waals surface area contributed by atoms with Crippen LogP contribution in [-0.2, 0) is 12.8 Å². The van der Waals surface area contributed by atoms with Crippen molar-refractivity contribution in [1.82, 2.24) is 4.98 Å². The number of benzene rings is 1. The van der Waals surface area contributed by atoms with E-state index in [0.717, 1.165) is 18.4 Å². The van der Waals surface area contributed by atoms with E-state index in [4.69, 9.17) is 0 Å². The van der Waals surface area contributed by atoms with E-state index in [2.05, 4.69) is 4.98 Å². The molecule has 0 N–H and O–H groups in total. The number of aromatic nitrogens is 1. The second-order valence-corrected chi connectivity index (χ2v) is 4.64. The Balaban J connectivity index is 2.15. The molecule has 17 heavy (non-hydrogen) atoms. The molecule has 0 atom stereocenters. The highest BCUT2D eigenvalue weighted by molar-refractivity contribution is 5.69. The van der Waals surface area contributed by atoms with Crippen LogP contribution in [0.25, 0.3) is 11.1 Å². The lowest BCUT2D eigenvalue weighted by Crippen LogP contribution is -1.92. The molecule has 0 saturated carbocycles. The number of rotatable bonds is 1. The van der Waals surface area contributed by atoms with E-state index in [1.807, 2.05) is 24.5 Å². The average Bonchev–Trinajstić information content (AvgIpc) is 2.80. The van der Waals surface area contributed by atoms with Gasteiger partial charge in [0.25, 0.3) is 0 Å². The van der Waals surface area contributed by atoms with Gasteiger partial charge in [0, 0.05) is 18.0 Å². The van der Waals surface area contributed by atoms with Crippen molar-refractivity contribution in [2.24, 2.45) is 0 Å². The maximum absolute atomic E-state index is 13.3. The van der Waals surface area contributed by atoms with Crippen molar-refractivity contribution in [2.75, 3.05) is 0 Å². The van der Waals surface area contributed by atoms with Gasteiger partial charge < -0.3 is 0 Å². The summed E-state index contributed by atoms with van der Waals surface area (Å²) in [4.78, 5) is 4.29. The monoisotopic (exact) mass is 227 g/mol. The minimum absolute atomic E-state index is 0.144. The van der Waals surface area contributed by atoms with Crippen LogP contribution in [0.4, 0.5) is 4.39 Å². The quantitative estimate of drug-likeness (QED) is 0.724. The normalized spacial score (nSPS) is 13.8. The zero-order valence-electron chi connectivity index (χ0n) is 9.83. The van der Waals surface area contributed by atoms with Crippen LogP contribution in [0.1, 0.15) is 23.1 Å². The van der Waals surface area contributed by atoms with E-state index in [1.54, 1.807) is 13.0 Å². The molecule has 0 bridgehead atoms. The van der Waals surface area contributed by atoms with E-state index in [1.165, 1.54) is 23.1 Å². The molecule has 3 rings (SSSR count). The van der Waals surface area contributed by atoms with E-state index in [0.29, 0.717) is 5.56 Å². The molecular formula is C15H14FN. The molecule has 1 aliphatic rings. The van der Waals surface area contributed by atoms with Crippen LogP contribution in [0, 0.1) is 12.7 Å². The van der Waals surface area contributed by atoms with Crippen molar-refractivity contribution in [3.63, 3.8) is 0 Å².